The third-order valence-corrected chi connectivity index (χ3v) is 7.19. The highest BCUT2D eigenvalue weighted by Crippen LogP contribution is 2.31. The molecule has 0 spiro atoms. The van der Waals surface area contributed by atoms with Gasteiger partial charge in [0.15, 0.2) is 0 Å². The number of piperidine rings is 1. The highest BCUT2D eigenvalue weighted by molar-refractivity contribution is 7.17. The normalized spacial score (nSPS) is 15.6. The van der Waals surface area contributed by atoms with E-state index in [1.807, 2.05) is 25.7 Å². The van der Waals surface area contributed by atoms with Crippen molar-refractivity contribution in [2.75, 3.05) is 32.8 Å². The lowest BCUT2D eigenvalue weighted by molar-refractivity contribution is -0.126. The molecule has 0 aliphatic carbocycles. The Labute approximate surface area is 193 Å². The largest absolute Gasteiger partial charge is 0.382 e. The summed E-state index contributed by atoms with van der Waals surface area (Å²) in [6.45, 7) is 9.01. The number of aryl methyl sites for hydroxylation is 1. The summed E-state index contributed by atoms with van der Waals surface area (Å²) in [4.78, 5) is 32.6. The molecule has 1 atom stereocenters. The topological polar surface area (TPSA) is 71.5 Å². The van der Waals surface area contributed by atoms with Gasteiger partial charge < -0.3 is 15.0 Å². The molecule has 1 aromatic heterocycles. The Morgan fingerprint density at radius 3 is 2.62 bits per heavy atom. The Hall–Kier alpha value is -2.32. The molecule has 2 aromatic rings. The second-order valence-electron chi connectivity index (χ2n) is 8.20. The number of nitrogens with one attached hydrogen (secondary N) is 1. The van der Waals surface area contributed by atoms with Crippen LogP contribution in [0.4, 0.5) is 4.39 Å². The maximum Gasteiger partial charge on any atom is 0.265 e. The number of likely N-dealkylation sites (tertiary alicyclic amines) is 1. The van der Waals surface area contributed by atoms with Crippen molar-refractivity contribution in [3.63, 3.8) is 0 Å². The van der Waals surface area contributed by atoms with E-state index >= 15 is 0 Å². The van der Waals surface area contributed by atoms with E-state index in [0.717, 1.165) is 29.8 Å². The van der Waals surface area contributed by atoms with Gasteiger partial charge in [0.25, 0.3) is 5.91 Å². The van der Waals surface area contributed by atoms with Crippen molar-refractivity contribution in [2.45, 2.75) is 40.0 Å². The van der Waals surface area contributed by atoms with Gasteiger partial charge in [-0.2, -0.15) is 0 Å². The van der Waals surface area contributed by atoms with Gasteiger partial charge in [0.1, 0.15) is 15.7 Å². The van der Waals surface area contributed by atoms with Crippen LogP contribution in [0, 0.1) is 24.6 Å². The van der Waals surface area contributed by atoms with E-state index in [4.69, 9.17) is 4.74 Å². The summed E-state index contributed by atoms with van der Waals surface area (Å²) in [5.41, 5.74) is 1.50. The fourth-order valence-electron chi connectivity index (χ4n) is 3.96. The molecule has 1 saturated heterocycles. The van der Waals surface area contributed by atoms with Gasteiger partial charge in [-0.3, -0.25) is 9.59 Å². The van der Waals surface area contributed by atoms with Crippen LogP contribution >= 0.6 is 11.3 Å². The van der Waals surface area contributed by atoms with Crippen LogP contribution in [0.1, 0.15) is 48.5 Å². The predicted octanol–water partition coefficient (Wildman–Crippen LogP) is 4.29. The summed E-state index contributed by atoms with van der Waals surface area (Å²) in [6, 6.07) is 6.15. The minimum absolute atomic E-state index is 0.0140. The molecule has 1 aliphatic heterocycles. The first kappa shape index (κ1) is 24.3. The van der Waals surface area contributed by atoms with Crippen molar-refractivity contribution < 1.29 is 18.7 Å². The van der Waals surface area contributed by atoms with Crippen LogP contribution in [-0.4, -0.2) is 54.5 Å². The van der Waals surface area contributed by atoms with Gasteiger partial charge in [0, 0.05) is 44.3 Å². The first-order valence-electron chi connectivity index (χ1n) is 11.3. The zero-order valence-electron chi connectivity index (χ0n) is 19.0. The number of thiazole rings is 1. The number of ether oxygens (including phenoxy) is 1. The molecule has 8 heteroatoms. The highest BCUT2D eigenvalue weighted by atomic mass is 32.1. The standard InChI is InChI=1S/C24H32FN3O3S/c1-4-31-15-5-12-26-22(29)16(2)18-10-13-28(14-11-18)24(30)21-17(3)27-23(32-21)19-6-8-20(25)9-7-19/h6-9,16,18H,4-5,10-15H2,1-3H3,(H,26,29)/t16-/m0/s1. The van der Waals surface area contributed by atoms with Gasteiger partial charge >= 0.3 is 0 Å². The van der Waals surface area contributed by atoms with Crippen molar-refractivity contribution >= 4 is 23.2 Å². The summed E-state index contributed by atoms with van der Waals surface area (Å²) < 4.78 is 18.5. The minimum atomic E-state index is -0.297. The average molecular weight is 462 g/mol. The monoisotopic (exact) mass is 461 g/mol. The molecule has 0 saturated carbocycles. The molecule has 0 radical (unpaired) electrons. The third-order valence-electron chi connectivity index (χ3n) is 6.00. The molecule has 1 N–H and O–H groups in total. The summed E-state index contributed by atoms with van der Waals surface area (Å²) in [5.74, 6) is -0.0409. The number of halogens is 1. The molecule has 174 valence electrons. The van der Waals surface area contributed by atoms with Crippen LogP contribution in [-0.2, 0) is 9.53 Å². The number of benzene rings is 1. The van der Waals surface area contributed by atoms with Crippen LogP contribution in [0.15, 0.2) is 24.3 Å². The molecule has 3 rings (SSSR count). The molecule has 32 heavy (non-hydrogen) atoms. The third kappa shape index (κ3) is 6.13. The van der Waals surface area contributed by atoms with Gasteiger partial charge in [-0.25, -0.2) is 9.37 Å². The molecule has 2 amide bonds. The van der Waals surface area contributed by atoms with Crippen LogP contribution in [0.2, 0.25) is 0 Å². The number of carbonyl (C=O) groups excluding carboxylic acids is 2. The lowest BCUT2D eigenvalue weighted by Gasteiger charge is -2.34. The molecule has 1 aromatic carbocycles. The number of nitrogens with zero attached hydrogens (tertiary/aromatic N) is 2. The number of hydrogen-bond donors (Lipinski definition) is 1. The van der Waals surface area contributed by atoms with Gasteiger partial charge in [-0.1, -0.05) is 6.92 Å². The maximum atomic E-state index is 13.2. The highest BCUT2D eigenvalue weighted by Gasteiger charge is 2.31. The number of amides is 2. The number of carbonyl (C=O) groups is 2. The molecule has 1 fully saturated rings. The van der Waals surface area contributed by atoms with Crippen molar-refractivity contribution in [2.24, 2.45) is 11.8 Å². The zero-order valence-corrected chi connectivity index (χ0v) is 19.8. The molecular weight excluding hydrogens is 429 g/mol. The first-order chi connectivity index (χ1) is 15.4. The lowest BCUT2D eigenvalue weighted by Crippen LogP contribution is -2.42. The van der Waals surface area contributed by atoms with Crippen molar-refractivity contribution in [1.82, 2.24) is 15.2 Å². The molecule has 0 unspecified atom stereocenters. The van der Waals surface area contributed by atoms with E-state index in [9.17, 15) is 14.0 Å². The second-order valence-corrected chi connectivity index (χ2v) is 9.20. The molecular formula is C24H32FN3O3S. The Kier molecular flexibility index (Phi) is 8.75. The second kappa shape index (κ2) is 11.5. The van der Waals surface area contributed by atoms with Crippen molar-refractivity contribution in [1.29, 1.82) is 0 Å². The minimum Gasteiger partial charge on any atom is -0.382 e. The van der Waals surface area contributed by atoms with E-state index in [1.165, 1.54) is 23.5 Å². The van der Waals surface area contributed by atoms with Gasteiger partial charge in [-0.05, 0) is 63.3 Å². The van der Waals surface area contributed by atoms with Crippen molar-refractivity contribution in [3.05, 3.63) is 40.7 Å². The van der Waals surface area contributed by atoms with Crippen LogP contribution in [0.5, 0.6) is 0 Å². The number of hydrogen-bond acceptors (Lipinski definition) is 5. The Bertz CT molecular complexity index is 908. The quantitative estimate of drug-likeness (QED) is 0.566. The Morgan fingerprint density at radius 1 is 1.28 bits per heavy atom. The van der Waals surface area contributed by atoms with Gasteiger partial charge in [0.05, 0.1) is 5.69 Å². The van der Waals surface area contributed by atoms with Crippen LogP contribution in [0.3, 0.4) is 0 Å². The first-order valence-corrected chi connectivity index (χ1v) is 12.1. The summed E-state index contributed by atoms with van der Waals surface area (Å²) in [7, 11) is 0. The summed E-state index contributed by atoms with van der Waals surface area (Å²) >= 11 is 1.35. The van der Waals surface area contributed by atoms with Crippen LogP contribution < -0.4 is 5.32 Å². The Morgan fingerprint density at radius 2 is 1.97 bits per heavy atom. The smallest absolute Gasteiger partial charge is 0.265 e. The lowest BCUT2D eigenvalue weighted by atomic mass is 9.84. The summed E-state index contributed by atoms with van der Waals surface area (Å²) in [5, 5.41) is 3.72. The number of rotatable bonds is 9. The van der Waals surface area contributed by atoms with E-state index in [2.05, 4.69) is 10.3 Å². The zero-order chi connectivity index (χ0) is 23.1. The predicted molar refractivity (Wildman–Crippen MR) is 124 cm³/mol. The van der Waals surface area contributed by atoms with Gasteiger partial charge in [-0.15, -0.1) is 11.3 Å². The van der Waals surface area contributed by atoms with E-state index in [0.29, 0.717) is 43.4 Å². The van der Waals surface area contributed by atoms with E-state index in [-0.39, 0.29) is 29.5 Å². The maximum absolute atomic E-state index is 13.2. The van der Waals surface area contributed by atoms with Crippen LogP contribution in [0.25, 0.3) is 10.6 Å². The van der Waals surface area contributed by atoms with Crippen molar-refractivity contribution in [3.8, 4) is 10.6 Å². The van der Waals surface area contributed by atoms with Gasteiger partial charge in [0.2, 0.25) is 5.91 Å². The molecule has 1 aliphatic rings. The molecule has 2 heterocycles. The fourth-order valence-corrected chi connectivity index (χ4v) is 5.00. The SMILES string of the molecule is CCOCCCNC(=O)[C@@H](C)C1CCN(C(=O)c2sc(-c3ccc(F)cc3)nc2C)CC1. The molecule has 0 bridgehead atoms. The van der Waals surface area contributed by atoms with E-state index in [1.54, 1.807) is 12.1 Å². The Balaban J connectivity index is 1.52. The average Bonchev–Trinajstić information content (AvgIpc) is 3.20. The fraction of sp³-hybridized carbons (Fsp3) is 0.542. The van der Waals surface area contributed by atoms with E-state index < -0.39 is 0 Å². The summed E-state index contributed by atoms with van der Waals surface area (Å²) in [6.07, 6.45) is 2.43. The molecule has 6 nitrogen and oxygen atoms in total. The number of aromatic nitrogens is 1.